The molecule has 3 aliphatic heterocycles. The van der Waals surface area contributed by atoms with Gasteiger partial charge in [0.1, 0.15) is 12.1 Å². The molecule has 16 heteroatoms. The molecule has 56 heavy (non-hydrogen) atoms. The quantitative estimate of drug-likeness (QED) is 0.142. The van der Waals surface area contributed by atoms with E-state index in [1.165, 1.54) is 9.80 Å². The summed E-state index contributed by atoms with van der Waals surface area (Å²) in [4.78, 5) is 63.5. The van der Waals surface area contributed by atoms with E-state index in [2.05, 4.69) is 10.6 Å². The Hall–Kier alpha value is -5.67. The molecule has 0 unspecified atom stereocenters. The minimum Gasteiger partial charge on any atom is -0.423 e. The Morgan fingerprint density at radius 1 is 0.607 bits per heavy atom. The number of hydrogen-bond acceptors (Lipinski definition) is 10. The van der Waals surface area contributed by atoms with Gasteiger partial charge in [0.05, 0.1) is 0 Å². The van der Waals surface area contributed by atoms with Gasteiger partial charge in [-0.1, -0.05) is 48.5 Å². The van der Waals surface area contributed by atoms with Crippen molar-refractivity contribution in [2.75, 3.05) is 47.6 Å². The summed E-state index contributed by atoms with van der Waals surface area (Å²) in [6.07, 6.45) is 2.02. The molecule has 4 bridgehead atoms. The molecule has 6 N–H and O–H groups in total. The van der Waals surface area contributed by atoms with Crippen molar-refractivity contribution in [3.8, 4) is 0 Å². The van der Waals surface area contributed by atoms with E-state index in [9.17, 15) is 39.3 Å². The highest BCUT2D eigenvalue weighted by atomic mass is 16.4. The third kappa shape index (κ3) is 8.00. The van der Waals surface area contributed by atoms with E-state index >= 15 is 0 Å². The average Bonchev–Trinajstić information content (AvgIpc) is 3.88. The molecule has 3 aliphatic rings. The van der Waals surface area contributed by atoms with Crippen molar-refractivity contribution in [1.82, 2.24) is 9.80 Å². The van der Waals surface area contributed by atoms with Gasteiger partial charge in [0.25, 0.3) is 11.8 Å². The fraction of sp³-hybridized carbons (Fsp3) is 0.300. The Balaban J connectivity index is 1.26. The molecule has 2 saturated heterocycles. The molecule has 0 spiro atoms. The molecule has 2 atom stereocenters. The number of hydrogen-bond donors (Lipinski definition) is 6. The Bertz CT molecular complexity index is 2020. The minimum absolute atomic E-state index is 0.253. The van der Waals surface area contributed by atoms with Crippen LogP contribution in [0.3, 0.4) is 0 Å². The molecule has 0 aliphatic carbocycles. The molecular formula is C40H44B2N6O8. The lowest BCUT2D eigenvalue weighted by atomic mass is 9.77. The number of carbonyl (C=O) groups excluding carboxylic acids is 4. The second-order valence-electron chi connectivity index (χ2n) is 14.7. The highest BCUT2D eigenvalue weighted by Crippen LogP contribution is 2.31. The number of nitrogens with zero attached hydrogens (tertiary/aromatic N) is 4. The van der Waals surface area contributed by atoms with Crippen molar-refractivity contribution in [2.24, 2.45) is 0 Å². The van der Waals surface area contributed by atoms with E-state index < -0.39 is 38.1 Å². The topological polar surface area (TPSA) is 186 Å². The summed E-state index contributed by atoms with van der Waals surface area (Å²) in [6, 6.07) is 22.2. The van der Waals surface area contributed by atoms with E-state index in [0.717, 1.165) is 0 Å². The highest BCUT2D eigenvalue weighted by molar-refractivity contribution is 6.59. The van der Waals surface area contributed by atoms with Crippen LogP contribution in [0.25, 0.3) is 0 Å². The Labute approximate surface area is 325 Å². The average molecular weight is 758 g/mol. The molecule has 0 aromatic heterocycles. The van der Waals surface area contributed by atoms with E-state index in [1.54, 1.807) is 99.0 Å². The molecule has 2 fully saturated rings. The van der Waals surface area contributed by atoms with Crippen LogP contribution >= 0.6 is 0 Å². The first-order chi connectivity index (χ1) is 26.9. The van der Waals surface area contributed by atoms with Crippen LogP contribution in [0.5, 0.6) is 0 Å². The zero-order valence-electron chi connectivity index (χ0n) is 31.3. The maximum atomic E-state index is 14.3. The summed E-state index contributed by atoms with van der Waals surface area (Å²) in [5.74, 6) is -1.59. The maximum absolute atomic E-state index is 14.3. The fourth-order valence-corrected chi connectivity index (χ4v) is 7.96. The molecule has 4 amide bonds. The van der Waals surface area contributed by atoms with Crippen LogP contribution in [0, 0.1) is 0 Å². The van der Waals surface area contributed by atoms with E-state index in [4.69, 9.17) is 0 Å². The summed E-state index contributed by atoms with van der Waals surface area (Å²) in [6.45, 7) is 1.17. The number of rotatable bonds is 8. The monoisotopic (exact) mass is 758 g/mol. The van der Waals surface area contributed by atoms with E-state index in [1.807, 2.05) is 9.80 Å². The first-order valence-electron chi connectivity index (χ1n) is 18.7. The van der Waals surface area contributed by atoms with Crippen molar-refractivity contribution in [3.05, 3.63) is 107 Å². The lowest BCUT2D eigenvalue weighted by molar-refractivity contribution is -0.120. The molecule has 4 aromatic rings. The lowest BCUT2D eigenvalue weighted by Crippen LogP contribution is -2.44. The smallest absolute Gasteiger partial charge is 0.423 e. The zero-order chi connectivity index (χ0) is 39.7. The number of benzene rings is 4. The second-order valence-corrected chi connectivity index (χ2v) is 14.7. The van der Waals surface area contributed by atoms with Gasteiger partial charge >= 0.3 is 14.2 Å². The van der Waals surface area contributed by atoms with Crippen molar-refractivity contribution >= 4 is 71.5 Å². The number of anilines is 4. The van der Waals surface area contributed by atoms with Gasteiger partial charge in [-0.2, -0.15) is 0 Å². The Morgan fingerprint density at radius 3 is 1.39 bits per heavy atom. The van der Waals surface area contributed by atoms with Gasteiger partial charge in [0, 0.05) is 74.2 Å². The fourth-order valence-electron chi connectivity index (χ4n) is 7.96. The van der Waals surface area contributed by atoms with Crippen molar-refractivity contribution in [3.63, 3.8) is 0 Å². The summed E-state index contributed by atoms with van der Waals surface area (Å²) in [5.41, 5.74) is 4.31. The largest absolute Gasteiger partial charge is 0.488 e. The van der Waals surface area contributed by atoms with Gasteiger partial charge < -0.3 is 50.3 Å². The molecule has 14 nitrogen and oxygen atoms in total. The first-order valence-corrected chi connectivity index (χ1v) is 18.7. The van der Waals surface area contributed by atoms with Crippen LogP contribution < -0.4 is 31.4 Å². The molecule has 3 heterocycles. The van der Waals surface area contributed by atoms with Crippen molar-refractivity contribution in [2.45, 2.75) is 50.9 Å². The molecule has 0 radical (unpaired) electrons. The van der Waals surface area contributed by atoms with Gasteiger partial charge in [-0.05, 0) is 84.1 Å². The minimum atomic E-state index is -1.68. The SMILES string of the molecule is CN(Cc1ccccc1B(O)O)c1cc2cc(c1)C(=O)N1CCC[C@H]1C(=O)Nc1cc(cc(N(C)Cc3ccccc3B(O)O)c1)C(=O)N1CCC[C@H]1C(=O)N2. The summed E-state index contributed by atoms with van der Waals surface area (Å²) in [5, 5.41) is 45.8. The summed E-state index contributed by atoms with van der Waals surface area (Å²) >= 11 is 0. The van der Waals surface area contributed by atoms with Crippen LogP contribution in [-0.2, 0) is 22.7 Å². The van der Waals surface area contributed by atoms with Crippen LogP contribution in [0.15, 0.2) is 84.9 Å². The van der Waals surface area contributed by atoms with Gasteiger partial charge in [-0.3, -0.25) is 19.2 Å². The maximum Gasteiger partial charge on any atom is 0.488 e. The Kier molecular flexibility index (Phi) is 11.2. The standard InChI is InChI=1S/C40H44B2N6O8/c1-45(23-25-9-3-5-11-33(25)41(53)54)31-19-27-17-29(21-31)43-37(49)35-13-8-16-48(35)40(52)28-18-30(44-38(50)36-14-7-15-47(36)39(27)51)22-32(20-28)46(2)24-26-10-4-6-12-34(26)42(55)56/h3-6,9-12,17-22,35-36,53-56H,7-8,13-16,23-24H2,1-2H3,(H,43,49)(H,44,50)/t35-,36-/m0/s1. The molecular weight excluding hydrogens is 714 g/mol. The number of nitrogens with one attached hydrogen (secondary N) is 2. The zero-order valence-corrected chi connectivity index (χ0v) is 31.3. The molecule has 0 saturated carbocycles. The second kappa shape index (κ2) is 16.2. The number of amides is 4. The predicted octanol–water partition coefficient (Wildman–Crippen LogP) is 1.12. The third-order valence-corrected chi connectivity index (χ3v) is 10.9. The van der Waals surface area contributed by atoms with Crippen LogP contribution in [0.2, 0.25) is 0 Å². The van der Waals surface area contributed by atoms with Crippen molar-refractivity contribution < 1.29 is 39.3 Å². The van der Waals surface area contributed by atoms with Crippen LogP contribution in [0.4, 0.5) is 22.7 Å². The van der Waals surface area contributed by atoms with Crippen molar-refractivity contribution in [1.29, 1.82) is 0 Å². The van der Waals surface area contributed by atoms with E-state index in [0.29, 0.717) is 83.6 Å². The lowest BCUT2D eigenvalue weighted by Gasteiger charge is -2.28. The number of fused-ring (bicyclic) bond motifs is 6. The van der Waals surface area contributed by atoms with Gasteiger partial charge in [0.15, 0.2) is 0 Å². The molecule has 288 valence electrons. The first kappa shape index (κ1) is 38.6. The van der Waals surface area contributed by atoms with Gasteiger partial charge in [-0.15, -0.1) is 0 Å². The summed E-state index contributed by atoms with van der Waals surface area (Å²) in [7, 11) is 0.226. The van der Waals surface area contributed by atoms with Gasteiger partial charge in [-0.25, -0.2) is 0 Å². The molecule has 4 aromatic carbocycles. The predicted molar refractivity (Wildman–Crippen MR) is 215 cm³/mol. The summed E-state index contributed by atoms with van der Waals surface area (Å²) < 4.78 is 0. The Morgan fingerprint density at radius 2 is 1.00 bits per heavy atom. The van der Waals surface area contributed by atoms with Gasteiger partial charge in [0.2, 0.25) is 11.8 Å². The normalized spacial score (nSPS) is 18.2. The number of carbonyl (C=O) groups is 4. The third-order valence-electron chi connectivity index (χ3n) is 10.9. The van der Waals surface area contributed by atoms with Crippen LogP contribution in [0.1, 0.15) is 57.5 Å². The van der Waals surface area contributed by atoms with Crippen LogP contribution in [-0.4, -0.2) is 107 Å². The van der Waals surface area contributed by atoms with E-state index in [-0.39, 0.29) is 36.0 Å². The molecule has 7 rings (SSSR count). The highest BCUT2D eigenvalue weighted by Gasteiger charge is 2.38.